The summed E-state index contributed by atoms with van der Waals surface area (Å²) in [6.07, 6.45) is 6.00. The lowest BCUT2D eigenvalue weighted by Crippen LogP contribution is -2.50. The van der Waals surface area contributed by atoms with E-state index in [9.17, 15) is 0 Å². The van der Waals surface area contributed by atoms with Crippen LogP contribution in [0.15, 0.2) is 29.3 Å². The minimum atomic E-state index is 0. The van der Waals surface area contributed by atoms with Crippen LogP contribution in [-0.4, -0.2) is 57.4 Å². The first-order valence-corrected chi connectivity index (χ1v) is 11.6. The zero-order valence-electron chi connectivity index (χ0n) is 19.0. The van der Waals surface area contributed by atoms with Gasteiger partial charge in [-0.2, -0.15) is 0 Å². The molecule has 2 N–H and O–H groups in total. The van der Waals surface area contributed by atoms with Gasteiger partial charge >= 0.3 is 0 Å². The molecule has 8 nitrogen and oxygen atoms in total. The zero-order valence-corrected chi connectivity index (χ0v) is 21.3. The number of hydrogen-bond donors (Lipinski definition) is 2. The van der Waals surface area contributed by atoms with E-state index in [1.54, 1.807) is 0 Å². The third kappa shape index (κ3) is 5.36. The smallest absolute Gasteiger partial charge is 0.192 e. The molecule has 0 bridgehead atoms. The van der Waals surface area contributed by atoms with E-state index in [4.69, 9.17) is 9.73 Å². The minimum Gasteiger partial charge on any atom is -0.493 e. The van der Waals surface area contributed by atoms with Gasteiger partial charge in [0.25, 0.3) is 0 Å². The van der Waals surface area contributed by atoms with E-state index < -0.39 is 0 Å². The summed E-state index contributed by atoms with van der Waals surface area (Å²) >= 11 is 0. The van der Waals surface area contributed by atoms with E-state index in [0.717, 1.165) is 48.7 Å². The van der Waals surface area contributed by atoms with Gasteiger partial charge in [-0.05, 0) is 38.7 Å². The van der Waals surface area contributed by atoms with E-state index in [-0.39, 0.29) is 30.0 Å². The third-order valence-corrected chi connectivity index (χ3v) is 6.76. The Bertz CT molecular complexity index is 934. The van der Waals surface area contributed by atoms with Crippen molar-refractivity contribution in [1.29, 1.82) is 0 Å². The van der Waals surface area contributed by atoms with Crippen LogP contribution in [0.5, 0.6) is 5.75 Å². The Hall–Kier alpha value is -1.88. The Balaban J connectivity index is 0.00000245. The molecule has 1 aliphatic carbocycles. The summed E-state index contributed by atoms with van der Waals surface area (Å²) in [4.78, 5) is 7.56. The standard InChI is InChI=1S/C23H33N7O.HI/c1-16-27-28-22(29(16)2)15-24-23(25-17-9-12-30(13-10-17)18-7-8-18)26-20-11-14-31-21-6-4-3-5-19(20)21;/h3-6,17-18,20H,7-15H2,1-2H3,(H2,24,25,26);1H. The van der Waals surface area contributed by atoms with Crippen LogP contribution in [0.25, 0.3) is 0 Å². The Kier molecular flexibility index (Phi) is 7.55. The van der Waals surface area contributed by atoms with Gasteiger partial charge < -0.3 is 24.8 Å². The van der Waals surface area contributed by atoms with Crippen LogP contribution in [-0.2, 0) is 13.6 Å². The lowest BCUT2D eigenvalue weighted by atomic mass is 10.0. The van der Waals surface area contributed by atoms with Crippen molar-refractivity contribution in [3.8, 4) is 5.75 Å². The summed E-state index contributed by atoms with van der Waals surface area (Å²) in [5, 5.41) is 15.9. The van der Waals surface area contributed by atoms with Gasteiger partial charge in [-0.15, -0.1) is 34.2 Å². The summed E-state index contributed by atoms with van der Waals surface area (Å²) in [5.41, 5.74) is 1.20. The van der Waals surface area contributed by atoms with E-state index in [2.05, 4.69) is 37.9 Å². The molecule has 32 heavy (non-hydrogen) atoms. The topological polar surface area (TPSA) is 79.6 Å². The average Bonchev–Trinajstić information content (AvgIpc) is 3.60. The SMILES string of the molecule is Cc1nnc(CN=C(NC2CCN(C3CC3)CC2)NC2CCOc3ccccc32)n1C.I. The molecule has 5 rings (SSSR count). The first kappa shape index (κ1) is 23.3. The number of likely N-dealkylation sites (tertiary alicyclic amines) is 1. The summed E-state index contributed by atoms with van der Waals surface area (Å²) in [6, 6.07) is 9.76. The molecule has 3 heterocycles. The summed E-state index contributed by atoms with van der Waals surface area (Å²) in [5.74, 6) is 3.59. The van der Waals surface area contributed by atoms with Crippen LogP contribution < -0.4 is 15.4 Å². The average molecular weight is 551 g/mol. The van der Waals surface area contributed by atoms with Crippen LogP contribution in [0.4, 0.5) is 0 Å². The number of ether oxygens (including phenoxy) is 1. The Morgan fingerprint density at radius 3 is 2.59 bits per heavy atom. The summed E-state index contributed by atoms with van der Waals surface area (Å²) in [6.45, 7) is 5.53. The van der Waals surface area contributed by atoms with Crippen molar-refractivity contribution in [1.82, 2.24) is 30.3 Å². The highest BCUT2D eigenvalue weighted by atomic mass is 127. The number of piperidine rings is 1. The molecule has 1 atom stereocenters. The lowest BCUT2D eigenvalue weighted by molar-refractivity contribution is 0.197. The maximum absolute atomic E-state index is 5.85. The molecular weight excluding hydrogens is 517 g/mol. The molecule has 0 amide bonds. The van der Waals surface area contributed by atoms with Gasteiger partial charge in [0.15, 0.2) is 11.8 Å². The predicted octanol–water partition coefficient (Wildman–Crippen LogP) is 2.93. The fourth-order valence-corrected chi connectivity index (χ4v) is 4.57. The van der Waals surface area contributed by atoms with Gasteiger partial charge in [0.2, 0.25) is 0 Å². The number of nitrogens with zero attached hydrogens (tertiary/aromatic N) is 5. The Morgan fingerprint density at radius 2 is 1.88 bits per heavy atom. The number of aromatic nitrogens is 3. The van der Waals surface area contributed by atoms with E-state index in [0.29, 0.717) is 19.2 Å². The number of para-hydroxylation sites is 1. The van der Waals surface area contributed by atoms with E-state index in [1.165, 1.54) is 31.5 Å². The van der Waals surface area contributed by atoms with Crippen molar-refractivity contribution >= 4 is 29.9 Å². The second-order valence-electron chi connectivity index (χ2n) is 8.94. The number of rotatable bonds is 5. The van der Waals surface area contributed by atoms with Crippen LogP contribution in [0, 0.1) is 6.92 Å². The molecule has 1 saturated carbocycles. The number of aryl methyl sites for hydroxylation is 1. The van der Waals surface area contributed by atoms with Gasteiger partial charge in [0.05, 0.1) is 12.6 Å². The van der Waals surface area contributed by atoms with Crippen LogP contribution in [0.3, 0.4) is 0 Å². The normalized spacial score (nSPS) is 21.9. The number of aliphatic imine (C=N–C) groups is 1. The van der Waals surface area contributed by atoms with E-state index in [1.807, 2.05) is 30.7 Å². The van der Waals surface area contributed by atoms with Gasteiger partial charge in [0.1, 0.15) is 18.1 Å². The van der Waals surface area contributed by atoms with Crippen LogP contribution >= 0.6 is 24.0 Å². The highest BCUT2D eigenvalue weighted by Crippen LogP contribution is 2.32. The van der Waals surface area contributed by atoms with Crippen molar-refractivity contribution in [2.45, 2.75) is 63.7 Å². The first-order valence-electron chi connectivity index (χ1n) is 11.6. The molecule has 0 spiro atoms. The Morgan fingerprint density at radius 1 is 1.09 bits per heavy atom. The molecule has 2 aliphatic heterocycles. The third-order valence-electron chi connectivity index (χ3n) is 6.76. The fourth-order valence-electron chi connectivity index (χ4n) is 4.57. The first-order chi connectivity index (χ1) is 15.2. The van der Waals surface area contributed by atoms with Gasteiger partial charge in [-0.3, -0.25) is 0 Å². The minimum absolute atomic E-state index is 0. The molecule has 2 aromatic rings. The van der Waals surface area contributed by atoms with Gasteiger partial charge in [-0.25, -0.2) is 4.99 Å². The number of nitrogens with one attached hydrogen (secondary N) is 2. The maximum Gasteiger partial charge on any atom is 0.192 e. The number of halogens is 1. The molecule has 174 valence electrons. The van der Waals surface area contributed by atoms with Crippen LogP contribution in [0.2, 0.25) is 0 Å². The molecule has 1 aromatic carbocycles. The Labute approximate surface area is 207 Å². The monoisotopic (exact) mass is 551 g/mol. The number of guanidine groups is 1. The maximum atomic E-state index is 5.85. The molecule has 9 heteroatoms. The molecule has 3 aliphatic rings. The van der Waals surface area contributed by atoms with Gasteiger partial charge in [-0.1, -0.05) is 18.2 Å². The summed E-state index contributed by atoms with van der Waals surface area (Å²) in [7, 11) is 1.99. The summed E-state index contributed by atoms with van der Waals surface area (Å²) < 4.78 is 7.84. The number of fused-ring (bicyclic) bond motifs is 1. The molecule has 1 aromatic heterocycles. The van der Waals surface area contributed by atoms with Crippen molar-refractivity contribution < 1.29 is 4.74 Å². The highest BCUT2D eigenvalue weighted by molar-refractivity contribution is 14.0. The van der Waals surface area contributed by atoms with Crippen molar-refractivity contribution in [3.63, 3.8) is 0 Å². The quantitative estimate of drug-likeness (QED) is 0.338. The molecule has 0 radical (unpaired) electrons. The molecule has 1 saturated heterocycles. The lowest BCUT2D eigenvalue weighted by Gasteiger charge is -2.34. The number of benzene rings is 1. The highest BCUT2D eigenvalue weighted by Gasteiger charge is 2.32. The fraction of sp³-hybridized carbons (Fsp3) is 0.609. The molecular formula is C23H34IN7O. The van der Waals surface area contributed by atoms with Crippen molar-refractivity contribution in [2.75, 3.05) is 19.7 Å². The second kappa shape index (κ2) is 10.4. The van der Waals surface area contributed by atoms with E-state index >= 15 is 0 Å². The largest absolute Gasteiger partial charge is 0.493 e. The predicted molar refractivity (Wildman–Crippen MR) is 135 cm³/mol. The molecule has 2 fully saturated rings. The second-order valence-corrected chi connectivity index (χ2v) is 8.94. The van der Waals surface area contributed by atoms with Crippen molar-refractivity contribution in [3.05, 3.63) is 41.5 Å². The molecule has 1 unspecified atom stereocenters. The van der Waals surface area contributed by atoms with Gasteiger partial charge in [0, 0.05) is 44.2 Å². The zero-order chi connectivity index (χ0) is 21.2. The van der Waals surface area contributed by atoms with Crippen LogP contribution in [0.1, 0.15) is 55.4 Å². The number of hydrogen-bond acceptors (Lipinski definition) is 5. The van der Waals surface area contributed by atoms with Crippen molar-refractivity contribution in [2.24, 2.45) is 12.0 Å².